The second-order valence-electron chi connectivity index (χ2n) is 6.81. The van der Waals surface area contributed by atoms with Gasteiger partial charge in [0.1, 0.15) is 0 Å². The number of nitrogens with zero attached hydrogens (tertiary/aromatic N) is 1. The van der Waals surface area contributed by atoms with E-state index in [-0.39, 0.29) is 31.2 Å². The number of halogens is 3. The summed E-state index contributed by atoms with van der Waals surface area (Å²) in [6.45, 7) is 0.378. The van der Waals surface area contributed by atoms with E-state index >= 15 is 0 Å². The second-order valence-corrected chi connectivity index (χ2v) is 9.11. The van der Waals surface area contributed by atoms with E-state index in [1.165, 1.54) is 17.0 Å². The first-order chi connectivity index (χ1) is 13.2. The fourth-order valence-electron chi connectivity index (χ4n) is 3.33. The standard InChI is InChI=1S/C20H20F3NO3S/c21-20(22,23)17-8-6-15(7-9-17)14-19(25)24-11-10-18(28(26,27)13-12-24)16-4-2-1-3-5-16/h1-9,18H,10-14H2/t18-/m1/s1. The molecule has 0 aliphatic carbocycles. The summed E-state index contributed by atoms with van der Waals surface area (Å²) in [4.78, 5) is 14.0. The Bertz CT molecular complexity index is 925. The Kier molecular flexibility index (Phi) is 5.79. The van der Waals surface area contributed by atoms with E-state index in [2.05, 4.69) is 0 Å². The fraction of sp³-hybridized carbons (Fsp3) is 0.350. The summed E-state index contributed by atoms with van der Waals surface area (Å²) < 4.78 is 63.1. The summed E-state index contributed by atoms with van der Waals surface area (Å²) >= 11 is 0. The van der Waals surface area contributed by atoms with E-state index < -0.39 is 26.8 Å². The van der Waals surface area contributed by atoms with Crippen molar-refractivity contribution in [2.45, 2.75) is 24.3 Å². The van der Waals surface area contributed by atoms with E-state index in [1.807, 2.05) is 6.07 Å². The summed E-state index contributed by atoms with van der Waals surface area (Å²) in [5, 5.41) is -0.655. The summed E-state index contributed by atoms with van der Waals surface area (Å²) in [5.74, 6) is -0.422. The predicted octanol–water partition coefficient (Wildman–Crippen LogP) is 3.64. The van der Waals surface area contributed by atoms with Crippen molar-refractivity contribution in [2.75, 3.05) is 18.8 Å². The van der Waals surface area contributed by atoms with Crippen LogP contribution in [0.15, 0.2) is 54.6 Å². The van der Waals surface area contributed by atoms with Gasteiger partial charge in [-0.15, -0.1) is 0 Å². The van der Waals surface area contributed by atoms with Gasteiger partial charge in [0.15, 0.2) is 9.84 Å². The van der Waals surface area contributed by atoms with Gasteiger partial charge in [-0.3, -0.25) is 4.79 Å². The maximum absolute atomic E-state index is 12.6. The van der Waals surface area contributed by atoms with Crippen molar-refractivity contribution >= 4 is 15.7 Å². The Balaban J connectivity index is 1.69. The van der Waals surface area contributed by atoms with Gasteiger partial charge in [-0.05, 0) is 29.7 Å². The SMILES string of the molecule is O=C(Cc1ccc(C(F)(F)F)cc1)N1CC[C@H](c2ccccc2)S(=O)(=O)CC1. The summed E-state index contributed by atoms with van der Waals surface area (Å²) in [7, 11) is -3.39. The van der Waals surface area contributed by atoms with Crippen molar-refractivity contribution < 1.29 is 26.4 Å². The van der Waals surface area contributed by atoms with Crippen molar-refractivity contribution in [3.05, 3.63) is 71.3 Å². The molecule has 1 atom stereocenters. The van der Waals surface area contributed by atoms with Crippen LogP contribution in [0.1, 0.15) is 28.4 Å². The summed E-state index contributed by atoms with van der Waals surface area (Å²) in [6.07, 6.45) is -4.19. The smallest absolute Gasteiger partial charge is 0.341 e. The lowest BCUT2D eigenvalue weighted by Gasteiger charge is -2.20. The molecule has 28 heavy (non-hydrogen) atoms. The number of carbonyl (C=O) groups excluding carboxylic acids is 1. The average molecular weight is 411 g/mol. The van der Waals surface area contributed by atoms with Gasteiger partial charge < -0.3 is 4.90 Å². The van der Waals surface area contributed by atoms with Crippen molar-refractivity contribution in [1.29, 1.82) is 0 Å². The van der Waals surface area contributed by atoms with Gasteiger partial charge in [-0.1, -0.05) is 42.5 Å². The van der Waals surface area contributed by atoms with Gasteiger partial charge in [0, 0.05) is 13.1 Å². The number of rotatable bonds is 3. The van der Waals surface area contributed by atoms with Crippen LogP contribution >= 0.6 is 0 Å². The molecule has 1 saturated heterocycles. The highest BCUT2D eigenvalue weighted by Gasteiger charge is 2.33. The molecule has 1 amide bonds. The molecule has 0 saturated carbocycles. The van der Waals surface area contributed by atoms with Gasteiger partial charge in [-0.2, -0.15) is 13.2 Å². The molecule has 150 valence electrons. The number of hydrogen-bond acceptors (Lipinski definition) is 3. The summed E-state index contributed by atoms with van der Waals surface area (Å²) in [5.41, 5.74) is 0.402. The van der Waals surface area contributed by atoms with Crippen molar-refractivity contribution in [2.24, 2.45) is 0 Å². The highest BCUT2D eigenvalue weighted by atomic mass is 32.2. The number of benzene rings is 2. The Morgan fingerprint density at radius 3 is 2.25 bits per heavy atom. The van der Waals surface area contributed by atoms with Crippen LogP contribution in [-0.4, -0.2) is 38.1 Å². The molecule has 0 N–H and O–H groups in total. The molecule has 1 fully saturated rings. The van der Waals surface area contributed by atoms with Crippen LogP contribution in [0.4, 0.5) is 13.2 Å². The summed E-state index contributed by atoms with van der Waals surface area (Å²) in [6, 6.07) is 13.4. The average Bonchev–Trinajstić information content (AvgIpc) is 2.80. The number of amides is 1. The molecule has 1 aliphatic heterocycles. The minimum atomic E-state index is -4.42. The zero-order chi connectivity index (χ0) is 20.4. The Hall–Kier alpha value is -2.35. The van der Waals surface area contributed by atoms with E-state index in [4.69, 9.17) is 0 Å². The van der Waals surface area contributed by atoms with Crippen LogP contribution in [-0.2, 0) is 27.2 Å². The highest BCUT2D eigenvalue weighted by Crippen LogP contribution is 2.30. The molecule has 0 unspecified atom stereocenters. The molecule has 8 heteroatoms. The van der Waals surface area contributed by atoms with E-state index in [0.717, 1.165) is 12.1 Å². The minimum Gasteiger partial charge on any atom is -0.341 e. The van der Waals surface area contributed by atoms with E-state index in [0.29, 0.717) is 17.5 Å². The van der Waals surface area contributed by atoms with Crippen LogP contribution in [0.3, 0.4) is 0 Å². The molecule has 4 nitrogen and oxygen atoms in total. The minimum absolute atomic E-state index is 0.0613. The lowest BCUT2D eigenvalue weighted by molar-refractivity contribution is -0.137. The first-order valence-electron chi connectivity index (χ1n) is 8.87. The van der Waals surface area contributed by atoms with Crippen molar-refractivity contribution in [1.82, 2.24) is 4.90 Å². The number of sulfone groups is 1. The molecule has 1 aliphatic rings. The number of carbonyl (C=O) groups is 1. The molecule has 0 aromatic heterocycles. The Labute approximate surface area is 161 Å². The molecular formula is C20H20F3NO3S. The predicted molar refractivity (Wildman–Crippen MR) is 99.3 cm³/mol. The Morgan fingerprint density at radius 2 is 1.64 bits per heavy atom. The third kappa shape index (κ3) is 4.73. The van der Waals surface area contributed by atoms with Crippen molar-refractivity contribution in [3.63, 3.8) is 0 Å². The maximum atomic E-state index is 12.6. The zero-order valence-electron chi connectivity index (χ0n) is 15.0. The lowest BCUT2D eigenvalue weighted by atomic mass is 10.1. The third-order valence-electron chi connectivity index (χ3n) is 4.90. The largest absolute Gasteiger partial charge is 0.416 e. The van der Waals surface area contributed by atoms with Crippen LogP contribution in [0.5, 0.6) is 0 Å². The quantitative estimate of drug-likeness (QED) is 0.775. The first kappa shape index (κ1) is 20.4. The van der Waals surface area contributed by atoms with Crippen LogP contribution < -0.4 is 0 Å². The maximum Gasteiger partial charge on any atom is 0.416 e. The molecular weight excluding hydrogens is 391 g/mol. The van der Waals surface area contributed by atoms with E-state index in [9.17, 15) is 26.4 Å². The van der Waals surface area contributed by atoms with E-state index in [1.54, 1.807) is 24.3 Å². The number of hydrogen-bond donors (Lipinski definition) is 0. The second kappa shape index (κ2) is 7.95. The fourth-order valence-corrected chi connectivity index (χ4v) is 5.13. The topological polar surface area (TPSA) is 54.5 Å². The molecule has 0 spiro atoms. The Morgan fingerprint density at radius 1 is 1.00 bits per heavy atom. The normalized spacial score (nSPS) is 19.8. The van der Waals surface area contributed by atoms with Gasteiger partial charge in [0.2, 0.25) is 5.91 Å². The number of alkyl halides is 3. The highest BCUT2D eigenvalue weighted by molar-refractivity contribution is 7.91. The first-order valence-corrected chi connectivity index (χ1v) is 10.6. The lowest BCUT2D eigenvalue weighted by Crippen LogP contribution is -2.34. The molecule has 0 bridgehead atoms. The van der Waals surface area contributed by atoms with Crippen LogP contribution in [0.2, 0.25) is 0 Å². The van der Waals surface area contributed by atoms with Gasteiger partial charge in [-0.25, -0.2) is 8.42 Å². The van der Waals surface area contributed by atoms with Crippen LogP contribution in [0.25, 0.3) is 0 Å². The van der Waals surface area contributed by atoms with Crippen molar-refractivity contribution in [3.8, 4) is 0 Å². The molecule has 2 aromatic rings. The monoisotopic (exact) mass is 411 g/mol. The van der Waals surface area contributed by atoms with Crippen LogP contribution in [0, 0.1) is 0 Å². The van der Waals surface area contributed by atoms with Gasteiger partial charge >= 0.3 is 6.18 Å². The molecule has 1 heterocycles. The molecule has 0 radical (unpaired) electrons. The molecule has 3 rings (SSSR count). The molecule has 2 aromatic carbocycles. The van der Waals surface area contributed by atoms with Gasteiger partial charge in [0.05, 0.1) is 23.0 Å². The zero-order valence-corrected chi connectivity index (χ0v) is 15.8. The van der Waals surface area contributed by atoms with Gasteiger partial charge in [0.25, 0.3) is 0 Å². The third-order valence-corrected chi connectivity index (χ3v) is 7.03.